The maximum Gasteiger partial charge on any atom is 0.235 e. The van der Waals surface area contributed by atoms with E-state index in [-0.39, 0.29) is 5.56 Å². The van der Waals surface area contributed by atoms with Crippen molar-refractivity contribution in [3.8, 4) is 0 Å². The number of hydrogen-bond donors (Lipinski definition) is 1. The Hall–Kier alpha value is -2.75. The van der Waals surface area contributed by atoms with Gasteiger partial charge in [-0.1, -0.05) is 18.2 Å². The maximum atomic E-state index is 12.8. The topological polar surface area (TPSA) is 49.9 Å². The standard InChI is InChI=1S/C16H10FNO2/c17-11-7-5-10(6-8-11)15(19)16(20)13-9-18-14-4-2-1-3-12(13)14/h1-9,18H. The molecule has 3 nitrogen and oxygen atoms in total. The summed E-state index contributed by atoms with van der Waals surface area (Å²) in [7, 11) is 0. The second-order valence-electron chi connectivity index (χ2n) is 4.41. The first-order valence-electron chi connectivity index (χ1n) is 6.07. The van der Waals surface area contributed by atoms with Crippen molar-refractivity contribution in [1.29, 1.82) is 0 Å². The highest BCUT2D eigenvalue weighted by Gasteiger charge is 2.21. The lowest BCUT2D eigenvalue weighted by Crippen LogP contribution is -2.14. The molecular weight excluding hydrogens is 257 g/mol. The Balaban J connectivity index is 2.00. The van der Waals surface area contributed by atoms with Crippen molar-refractivity contribution < 1.29 is 14.0 Å². The molecule has 0 aliphatic carbocycles. The fourth-order valence-electron chi connectivity index (χ4n) is 2.11. The third-order valence-electron chi connectivity index (χ3n) is 3.15. The van der Waals surface area contributed by atoms with Crippen LogP contribution < -0.4 is 0 Å². The number of halogens is 1. The average Bonchev–Trinajstić information content (AvgIpc) is 2.90. The van der Waals surface area contributed by atoms with Crippen molar-refractivity contribution in [2.24, 2.45) is 0 Å². The van der Waals surface area contributed by atoms with Crippen molar-refractivity contribution in [2.45, 2.75) is 0 Å². The van der Waals surface area contributed by atoms with Gasteiger partial charge >= 0.3 is 0 Å². The zero-order valence-corrected chi connectivity index (χ0v) is 10.4. The number of rotatable bonds is 3. The number of H-pyrrole nitrogens is 1. The molecule has 20 heavy (non-hydrogen) atoms. The van der Waals surface area contributed by atoms with Crippen LogP contribution in [0.1, 0.15) is 20.7 Å². The van der Waals surface area contributed by atoms with Gasteiger partial charge in [-0.3, -0.25) is 9.59 Å². The smallest absolute Gasteiger partial charge is 0.235 e. The number of aromatic amines is 1. The molecule has 3 aromatic rings. The van der Waals surface area contributed by atoms with Crippen LogP contribution in [0.3, 0.4) is 0 Å². The number of Topliss-reactive ketones (excluding diaryl/α,β-unsaturated/α-hetero) is 2. The summed E-state index contributed by atoms with van der Waals surface area (Å²) in [5.41, 5.74) is 1.30. The van der Waals surface area contributed by atoms with Crippen LogP contribution in [0.15, 0.2) is 54.7 Å². The summed E-state index contributed by atoms with van der Waals surface area (Å²) in [4.78, 5) is 27.3. The fraction of sp³-hybridized carbons (Fsp3) is 0. The Morgan fingerprint density at radius 2 is 1.60 bits per heavy atom. The van der Waals surface area contributed by atoms with Gasteiger partial charge in [0.15, 0.2) is 0 Å². The van der Waals surface area contributed by atoms with Crippen molar-refractivity contribution in [2.75, 3.05) is 0 Å². The quantitative estimate of drug-likeness (QED) is 0.584. The Morgan fingerprint density at radius 1 is 0.900 bits per heavy atom. The molecule has 0 spiro atoms. The van der Waals surface area contributed by atoms with E-state index < -0.39 is 17.4 Å². The average molecular weight is 267 g/mol. The predicted octanol–water partition coefficient (Wildman–Crippen LogP) is 3.37. The van der Waals surface area contributed by atoms with Crippen LogP contribution in [-0.4, -0.2) is 16.6 Å². The number of fused-ring (bicyclic) bond motifs is 1. The minimum Gasteiger partial charge on any atom is -0.360 e. The third kappa shape index (κ3) is 2.01. The summed E-state index contributed by atoms with van der Waals surface area (Å²) < 4.78 is 12.8. The summed E-state index contributed by atoms with van der Waals surface area (Å²) in [6.07, 6.45) is 1.52. The van der Waals surface area contributed by atoms with Gasteiger partial charge in [-0.15, -0.1) is 0 Å². The molecule has 1 aromatic heterocycles. The predicted molar refractivity (Wildman–Crippen MR) is 73.4 cm³/mol. The van der Waals surface area contributed by atoms with Crippen LogP contribution >= 0.6 is 0 Å². The Kier molecular flexibility index (Phi) is 2.91. The molecule has 1 heterocycles. The Labute approximate surface area is 114 Å². The summed E-state index contributed by atoms with van der Waals surface area (Å²) >= 11 is 0. The van der Waals surface area contributed by atoms with Gasteiger partial charge in [-0.25, -0.2) is 4.39 Å². The van der Waals surface area contributed by atoms with E-state index in [1.807, 2.05) is 12.1 Å². The molecule has 0 aliphatic heterocycles. The largest absolute Gasteiger partial charge is 0.360 e. The lowest BCUT2D eigenvalue weighted by Gasteiger charge is -1.99. The molecule has 0 unspecified atom stereocenters. The van der Waals surface area contributed by atoms with Crippen molar-refractivity contribution in [3.63, 3.8) is 0 Å². The van der Waals surface area contributed by atoms with E-state index in [1.54, 1.807) is 12.1 Å². The lowest BCUT2D eigenvalue weighted by atomic mass is 10.0. The Bertz CT molecular complexity index is 803. The van der Waals surface area contributed by atoms with Crippen LogP contribution in [0.5, 0.6) is 0 Å². The Morgan fingerprint density at radius 3 is 2.35 bits per heavy atom. The summed E-state index contributed by atoms with van der Waals surface area (Å²) in [5, 5.41) is 0.702. The zero-order chi connectivity index (χ0) is 14.1. The molecular formula is C16H10FNO2. The van der Waals surface area contributed by atoms with Crippen LogP contribution in [-0.2, 0) is 0 Å². The first kappa shape index (κ1) is 12.3. The number of ketones is 2. The molecule has 0 aliphatic rings. The van der Waals surface area contributed by atoms with E-state index >= 15 is 0 Å². The third-order valence-corrected chi connectivity index (χ3v) is 3.15. The van der Waals surface area contributed by atoms with Gasteiger partial charge in [0.1, 0.15) is 5.82 Å². The molecule has 0 amide bonds. The highest BCUT2D eigenvalue weighted by atomic mass is 19.1. The van der Waals surface area contributed by atoms with Crippen molar-refractivity contribution in [3.05, 3.63) is 71.7 Å². The number of benzene rings is 2. The van der Waals surface area contributed by atoms with E-state index in [0.717, 1.165) is 17.6 Å². The molecule has 0 bridgehead atoms. The van der Waals surface area contributed by atoms with Gasteiger partial charge in [-0.2, -0.15) is 0 Å². The minimum absolute atomic E-state index is 0.182. The first-order valence-corrected chi connectivity index (χ1v) is 6.07. The van der Waals surface area contributed by atoms with E-state index in [2.05, 4.69) is 4.98 Å². The van der Waals surface area contributed by atoms with Crippen molar-refractivity contribution in [1.82, 2.24) is 4.98 Å². The van der Waals surface area contributed by atoms with E-state index in [1.165, 1.54) is 18.3 Å². The van der Waals surface area contributed by atoms with Gasteiger partial charge in [0.25, 0.3) is 0 Å². The molecule has 3 rings (SSSR count). The van der Waals surface area contributed by atoms with Crippen LogP contribution in [0.4, 0.5) is 4.39 Å². The van der Waals surface area contributed by atoms with Gasteiger partial charge in [0.2, 0.25) is 11.6 Å². The normalized spacial score (nSPS) is 10.7. The van der Waals surface area contributed by atoms with Gasteiger partial charge in [0.05, 0.1) is 5.56 Å². The summed E-state index contributed by atoms with van der Waals surface area (Å²) in [5.74, 6) is -1.69. The summed E-state index contributed by atoms with van der Waals surface area (Å²) in [6, 6.07) is 12.2. The minimum atomic E-state index is -0.644. The van der Waals surface area contributed by atoms with Gasteiger partial charge in [-0.05, 0) is 30.3 Å². The molecule has 0 atom stereocenters. The van der Waals surface area contributed by atoms with Crippen LogP contribution in [0.25, 0.3) is 10.9 Å². The fourth-order valence-corrected chi connectivity index (χ4v) is 2.11. The molecule has 4 heteroatoms. The van der Waals surface area contributed by atoms with Crippen LogP contribution in [0, 0.1) is 5.82 Å². The maximum absolute atomic E-state index is 12.8. The van der Waals surface area contributed by atoms with E-state index in [4.69, 9.17) is 0 Å². The summed E-state index contributed by atoms with van der Waals surface area (Å²) in [6.45, 7) is 0. The molecule has 1 N–H and O–H groups in total. The number of hydrogen-bond acceptors (Lipinski definition) is 2. The number of carbonyl (C=O) groups is 2. The molecule has 0 fully saturated rings. The second-order valence-corrected chi connectivity index (χ2v) is 4.41. The first-order chi connectivity index (χ1) is 9.66. The highest BCUT2D eigenvalue weighted by Crippen LogP contribution is 2.19. The molecule has 0 saturated heterocycles. The van der Waals surface area contributed by atoms with Crippen LogP contribution in [0.2, 0.25) is 0 Å². The second kappa shape index (κ2) is 4.74. The van der Waals surface area contributed by atoms with E-state index in [9.17, 15) is 14.0 Å². The monoisotopic (exact) mass is 267 g/mol. The molecule has 98 valence electrons. The van der Waals surface area contributed by atoms with Gasteiger partial charge < -0.3 is 4.98 Å². The number of aromatic nitrogens is 1. The molecule has 0 saturated carbocycles. The zero-order valence-electron chi connectivity index (χ0n) is 10.4. The number of carbonyl (C=O) groups excluding carboxylic acids is 2. The van der Waals surface area contributed by atoms with Crippen molar-refractivity contribution >= 4 is 22.5 Å². The van der Waals surface area contributed by atoms with E-state index in [0.29, 0.717) is 10.9 Å². The highest BCUT2D eigenvalue weighted by molar-refractivity contribution is 6.50. The number of para-hydroxylation sites is 1. The number of nitrogens with one attached hydrogen (secondary N) is 1. The SMILES string of the molecule is O=C(C(=O)c1c[nH]c2ccccc12)c1ccc(F)cc1. The van der Waals surface area contributed by atoms with Gasteiger partial charge in [0, 0.05) is 22.7 Å². The molecule has 2 aromatic carbocycles. The lowest BCUT2D eigenvalue weighted by molar-refractivity contribution is 0.0818. The molecule has 0 radical (unpaired) electrons.